The van der Waals surface area contributed by atoms with E-state index in [1.807, 2.05) is 11.3 Å². The van der Waals surface area contributed by atoms with Gasteiger partial charge >= 0.3 is 0 Å². The summed E-state index contributed by atoms with van der Waals surface area (Å²) in [6.45, 7) is 2.41. The summed E-state index contributed by atoms with van der Waals surface area (Å²) in [7, 11) is 2.11. The van der Waals surface area contributed by atoms with Crippen LogP contribution in [0.5, 0.6) is 0 Å². The highest BCUT2D eigenvalue weighted by atomic mass is 79.9. The van der Waals surface area contributed by atoms with Gasteiger partial charge in [0.15, 0.2) is 0 Å². The Kier molecular flexibility index (Phi) is 4.45. The summed E-state index contributed by atoms with van der Waals surface area (Å²) in [6.07, 6.45) is 5.41. The van der Waals surface area contributed by atoms with Crippen molar-refractivity contribution in [2.45, 2.75) is 38.6 Å². The van der Waals surface area contributed by atoms with Crippen LogP contribution in [-0.4, -0.2) is 13.1 Å². The number of hydrogen-bond donors (Lipinski definition) is 1. The van der Waals surface area contributed by atoms with Gasteiger partial charge in [-0.2, -0.15) is 0 Å². The molecule has 1 nitrogen and oxygen atoms in total. The van der Waals surface area contributed by atoms with E-state index in [9.17, 15) is 0 Å². The van der Waals surface area contributed by atoms with Crippen LogP contribution in [0, 0.1) is 11.8 Å². The first-order valence-electron chi connectivity index (χ1n) is 6.11. The Morgan fingerprint density at radius 1 is 1.56 bits per heavy atom. The summed E-state index contributed by atoms with van der Waals surface area (Å²) >= 11 is 5.40. The molecule has 3 unspecified atom stereocenters. The minimum Gasteiger partial charge on any atom is -0.316 e. The zero-order valence-corrected chi connectivity index (χ0v) is 12.4. The van der Waals surface area contributed by atoms with Gasteiger partial charge in [0.1, 0.15) is 0 Å². The quantitative estimate of drug-likeness (QED) is 0.884. The lowest BCUT2D eigenvalue weighted by Crippen LogP contribution is -2.36. The Labute approximate surface area is 111 Å². The molecular formula is C13H20BrNS. The summed E-state index contributed by atoms with van der Waals surface area (Å²) in [5.74, 6) is 1.76. The molecule has 0 amide bonds. The largest absolute Gasteiger partial charge is 0.316 e. The monoisotopic (exact) mass is 301 g/mol. The van der Waals surface area contributed by atoms with E-state index in [-0.39, 0.29) is 0 Å². The average molecular weight is 302 g/mol. The van der Waals surface area contributed by atoms with E-state index < -0.39 is 0 Å². The smallest absolute Gasteiger partial charge is 0.0285 e. The van der Waals surface area contributed by atoms with Crippen molar-refractivity contribution in [2.75, 3.05) is 7.05 Å². The lowest BCUT2D eigenvalue weighted by Gasteiger charge is -2.26. The molecule has 1 N–H and O–H groups in total. The van der Waals surface area contributed by atoms with Gasteiger partial charge in [0, 0.05) is 20.8 Å². The number of halogens is 1. The Balaban J connectivity index is 2.00. The fraction of sp³-hybridized carbons (Fsp3) is 0.692. The molecule has 0 saturated heterocycles. The maximum Gasteiger partial charge on any atom is 0.0285 e. The van der Waals surface area contributed by atoms with Gasteiger partial charge in [0.25, 0.3) is 0 Å². The Morgan fingerprint density at radius 2 is 2.38 bits per heavy atom. The van der Waals surface area contributed by atoms with Gasteiger partial charge in [-0.25, -0.2) is 0 Å². The molecular weight excluding hydrogens is 282 g/mol. The summed E-state index contributed by atoms with van der Waals surface area (Å²) in [5.41, 5.74) is 0. The third kappa shape index (κ3) is 2.88. The third-order valence-electron chi connectivity index (χ3n) is 3.86. The standard InChI is InChI=1S/C13H20BrNS/c1-9-4-3-5-12(9)13(15-2)7-11-6-10(14)8-16-11/h6,8-9,12-13,15H,3-5,7H2,1-2H3. The molecule has 0 aromatic carbocycles. The van der Waals surface area contributed by atoms with Crippen molar-refractivity contribution in [3.8, 4) is 0 Å². The predicted octanol–water partition coefficient (Wildman–Crippen LogP) is 4.08. The van der Waals surface area contributed by atoms with Crippen molar-refractivity contribution in [2.24, 2.45) is 11.8 Å². The molecule has 0 spiro atoms. The molecule has 3 atom stereocenters. The normalized spacial score (nSPS) is 27.2. The minimum absolute atomic E-state index is 0.656. The van der Waals surface area contributed by atoms with Crippen LogP contribution in [0.4, 0.5) is 0 Å². The van der Waals surface area contributed by atoms with Crippen LogP contribution in [-0.2, 0) is 6.42 Å². The zero-order valence-electron chi connectivity index (χ0n) is 10.0. The number of nitrogens with one attached hydrogen (secondary N) is 1. The van der Waals surface area contributed by atoms with Gasteiger partial charge < -0.3 is 5.32 Å². The molecule has 0 aliphatic heterocycles. The average Bonchev–Trinajstić information content (AvgIpc) is 2.84. The van der Waals surface area contributed by atoms with Crippen LogP contribution in [0.25, 0.3) is 0 Å². The Hall–Kier alpha value is 0.140. The highest BCUT2D eigenvalue weighted by Gasteiger charge is 2.30. The van der Waals surface area contributed by atoms with Crippen molar-refractivity contribution < 1.29 is 0 Å². The molecule has 1 heterocycles. The van der Waals surface area contributed by atoms with Gasteiger partial charge in [0.05, 0.1) is 0 Å². The Morgan fingerprint density at radius 3 is 2.88 bits per heavy atom. The maximum absolute atomic E-state index is 3.53. The van der Waals surface area contributed by atoms with E-state index in [1.165, 1.54) is 35.0 Å². The van der Waals surface area contributed by atoms with Crippen LogP contribution in [0.2, 0.25) is 0 Å². The number of rotatable bonds is 4. The first-order chi connectivity index (χ1) is 7.70. The molecule has 16 heavy (non-hydrogen) atoms. The van der Waals surface area contributed by atoms with Crippen LogP contribution in [0.1, 0.15) is 31.1 Å². The zero-order chi connectivity index (χ0) is 11.5. The fourth-order valence-corrected chi connectivity index (χ4v) is 4.43. The molecule has 1 saturated carbocycles. The van der Waals surface area contributed by atoms with Gasteiger partial charge in [-0.15, -0.1) is 11.3 Å². The second-order valence-electron chi connectivity index (χ2n) is 4.90. The van der Waals surface area contributed by atoms with E-state index in [0.717, 1.165) is 11.8 Å². The molecule has 1 aliphatic carbocycles. The highest BCUT2D eigenvalue weighted by Crippen LogP contribution is 2.35. The molecule has 0 radical (unpaired) electrons. The van der Waals surface area contributed by atoms with Crippen LogP contribution < -0.4 is 5.32 Å². The number of thiophene rings is 1. The van der Waals surface area contributed by atoms with Crippen LogP contribution >= 0.6 is 27.3 Å². The number of likely N-dealkylation sites (N-methyl/N-ethyl adjacent to an activating group) is 1. The van der Waals surface area contributed by atoms with E-state index in [0.29, 0.717) is 6.04 Å². The predicted molar refractivity (Wildman–Crippen MR) is 75.1 cm³/mol. The van der Waals surface area contributed by atoms with Gasteiger partial charge in [-0.3, -0.25) is 0 Å². The van der Waals surface area contributed by atoms with E-state index in [2.05, 4.69) is 46.7 Å². The fourth-order valence-electron chi connectivity index (χ4n) is 2.92. The minimum atomic E-state index is 0.656. The van der Waals surface area contributed by atoms with Gasteiger partial charge in [-0.05, 0) is 53.7 Å². The first kappa shape index (κ1) is 12.6. The van der Waals surface area contributed by atoms with E-state index in [1.54, 1.807) is 0 Å². The highest BCUT2D eigenvalue weighted by molar-refractivity contribution is 9.10. The molecule has 0 bridgehead atoms. The third-order valence-corrected chi connectivity index (χ3v) is 5.58. The summed E-state index contributed by atoms with van der Waals surface area (Å²) < 4.78 is 1.22. The topological polar surface area (TPSA) is 12.0 Å². The molecule has 1 aromatic rings. The van der Waals surface area contributed by atoms with Crippen molar-refractivity contribution in [1.29, 1.82) is 0 Å². The van der Waals surface area contributed by atoms with Crippen molar-refractivity contribution in [3.63, 3.8) is 0 Å². The second kappa shape index (κ2) is 5.65. The van der Waals surface area contributed by atoms with E-state index in [4.69, 9.17) is 0 Å². The van der Waals surface area contributed by atoms with Crippen LogP contribution in [0.3, 0.4) is 0 Å². The summed E-state index contributed by atoms with van der Waals surface area (Å²) in [6, 6.07) is 2.91. The Bertz CT molecular complexity index is 336. The van der Waals surface area contributed by atoms with Crippen molar-refractivity contribution in [1.82, 2.24) is 5.32 Å². The molecule has 90 valence electrons. The molecule has 1 aliphatic rings. The molecule has 1 fully saturated rings. The van der Waals surface area contributed by atoms with Gasteiger partial charge in [0.2, 0.25) is 0 Å². The van der Waals surface area contributed by atoms with Crippen LogP contribution in [0.15, 0.2) is 15.9 Å². The second-order valence-corrected chi connectivity index (χ2v) is 6.81. The van der Waals surface area contributed by atoms with Gasteiger partial charge in [-0.1, -0.05) is 19.8 Å². The molecule has 1 aromatic heterocycles. The number of hydrogen-bond acceptors (Lipinski definition) is 2. The first-order valence-corrected chi connectivity index (χ1v) is 7.78. The summed E-state index contributed by atoms with van der Waals surface area (Å²) in [4.78, 5) is 1.49. The lowest BCUT2D eigenvalue weighted by atomic mass is 9.88. The lowest BCUT2D eigenvalue weighted by molar-refractivity contribution is 0.309. The SMILES string of the molecule is CNC(Cc1cc(Br)cs1)C1CCCC1C. The maximum atomic E-state index is 3.53. The molecule has 3 heteroatoms. The summed E-state index contributed by atoms with van der Waals surface area (Å²) in [5, 5.41) is 5.70. The van der Waals surface area contributed by atoms with E-state index >= 15 is 0 Å². The van der Waals surface area contributed by atoms with Crippen molar-refractivity contribution in [3.05, 3.63) is 20.8 Å². The van der Waals surface area contributed by atoms with Crippen molar-refractivity contribution >= 4 is 27.3 Å². The molecule has 2 rings (SSSR count).